The number of hydrogen-bond acceptors (Lipinski definition) is 18. The minimum Gasteiger partial charge on any atom is -0.449 e. The van der Waals surface area contributed by atoms with Crippen LogP contribution in [0.2, 0.25) is 0 Å². The molecular weight excluding hydrogens is 1200 g/mol. The minimum absolute atomic E-state index is 0.0222. The largest absolute Gasteiger partial charge is 0.449 e. The lowest BCUT2D eigenvalue weighted by molar-refractivity contribution is -0.124. The lowest BCUT2D eigenvalue weighted by Crippen LogP contribution is -2.50. The third kappa shape index (κ3) is 14.2. The first-order valence-electron chi connectivity index (χ1n) is 31.4. The van der Waals surface area contributed by atoms with E-state index in [-0.39, 0.29) is 103 Å². The van der Waals surface area contributed by atoms with Crippen LogP contribution in [0.3, 0.4) is 0 Å². The number of aliphatic hydroxyl groups excluding tert-OH is 2. The van der Waals surface area contributed by atoms with E-state index >= 15 is 0 Å². The average Bonchev–Trinajstić information content (AvgIpc) is 1.65. The summed E-state index contributed by atoms with van der Waals surface area (Å²) in [4.78, 5) is 123. The fourth-order valence-electron chi connectivity index (χ4n) is 11.6. The van der Waals surface area contributed by atoms with Crippen molar-refractivity contribution in [1.82, 2.24) is 60.3 Å². The summed E-state index contributed by atoms with van der Waals surface area (Å²) < 4.78 is 40.0. The van der Waals surface area contributed by atoms with Crippen LogP contribution >= 0.6 is 0 Å². The zero-order valence-corrected chi connectivity index (χ0v) is 52.0. The van der Waals surface area contributed by atoms with E-state index < -0.39 is 90.6 Å². The van der Waals surface area contributed by atoms with Crippen molar-refractivity contribution < 1.29 is 59.3 Å². The molecule has 10 N–H and O–H groups in total. The highest BCUT2D eigenvalue weighted by Crippen LogP contribution is 2.46. The van der Waals surface area contributed by atoms with Gasteiger partial charge in [-0.1, -0.05) is 125 Å². The van der Waals surface area contributed by atoms with Crippen LogP contribution < -0.4 is 43.0 Å². The Morgan fingerprint density at radius 1 is 0.613 bits per heavy atom. The van der Waals surface area contributed by atoms with Crippen molar-refractivity contribution in [3.05, 3.63) is 153 Å². The number of aromatic nitrogens is 8. The van der Waals surface area contributed by atoms with Crippen LogP contribution in [0.1, 0.15) is 109 Å². The first-order valence-corrected chi connectivity index (χ1v) is 30.3. The topological polar surface area (TPSA) is 379 Å². The first kappa shape index (κ1) is 63.0. The molecule has 2 aliphatic heterocycles. The van der Waals surface area contributed by atoms with Crippen molar-refractivity contribution in [3.8, 4) is 22.3 Å². The summed E-state index contributed by atoms with van der Waals surface area (Å²) in [6.45, 7) is 9.61. The van der Waals surface area contributed by atoms with Gasteiger partial charge >= 0.3 is 12.2 Å². The molecule has 8 atom stereocenters. The molecule has 2 saturated heterocycles. The van der Waals surface area contributed by atoms with E-state index in [2.05, 4.69) is 79.0 Å². The number of nitrogens with zero attached hydrogens (tertiary/aromatic N) is 6. The summed E-state index contributed by atoms with van der Waals surface area (Å²) in [6.07, 6.45) is -1.09. The second-order valence-corrected chi connectivity index (χ2v) is 23.3. The van der Waals surface area contributed by atoms with Crippen molar-refractivity contribution in [2.45, 2.75) is 122 Å². The number of benzene rings is 4. The van der Waals surface area contributed by atoms with Crippen molar-refractivity contribution >= 4 is 70.0 Å². The number of rotatable bonds is 17. The highest BCUT2D eigenvalue weighted by Gasteiger charge is 2.40. The molecule has 6 unspecified atom stereocenters. The molecule has 6 amide bonds. The van der Waals surface area contributed by atoms with Crippen molar-refractivity contribution in [3.63, 3.8) is 0 Å². The van der Waals surface area contributed by atoms with Crippen LogP contribution in [0.25, 0.3) is 44.6 Å². The molecule has 28 nitrogen and oxygen atoms in total. The van der Waals surface area contributed by atoms with Gasteiger partial charge in [-0.05, 0) is 65.3 Å². The van der Waals surface area contributed by atoms with Gasteiger partial charge in [0.15, 0.2) is 22.3 Å². The molecule has 2 aliphatic carbocycles. The van der Waals surface area contributed by atoms with E-state index in [1.54, 1.807) is 39.2 Å². The maximum absolute atomic E-state index is 13.1. The summed E-state index contributed by atoms with van der Waals surface area (Å²) >= 11 is 0. The Balaban J connectivity index is 0.000000199. The summed E-state index contributed by atoms with van der Waals surface area (Å²) in [7, 11) is 1.29. The SMILES string of the molecule is CC(C)C(=O)Nc1nc2c(ncn2C2C[C@H](NC(=O)C(C)NC(=O)OCC3c4ccccc4-c4ccccc43)C(CO)O2)c(=O)[nH]1.[2H]CC1OC(n2cnc3c(=O)[nH]c(NC(=O)C(C)C)nc32)C[C@@H]1NC(=O)C(C)NC(=O)OCC1c2ccccc2-c2ccccc21.[3H]OC. The second-order valence-electron chi connectivity index (χ2n) is 23.3. The predicted molar refractivity (Wildman–Crippen MR) is 340 cm³/mol. The highest BCUT2D eigenvalue weighted by atomic mass is 16.6. The smallest absolute Gasteiger partial charge is 0.407 e. The molecule has 4 aliphatic rings. The van der Waals surface area contributed by atoms with E-state index in [1.165, 1.54) is 31.3 Å². The van der Waals surface area contributed by atoms with Crippen LogP contribution in [0.4, 0.5) is 21.5 Å². The Hall–Kier alpha value is -10.2. The van der Waals surface area contributed by atoms with Crippen LogP contribution in [0, 0.1) is 11.8 Å². The van der Waals surface area contributed by atoms with E-state index in [0.717, 1.165) is 44.5 Å². The number of carbonyl (C=O) groups is 6. The fourth-order valence-corrected chi connectivity index (χ4v) is 11.6. The number of fused-ring (bicyclic) bond motifs is 8. The van der Waals surface area contributed by atoms with Gasteiger partial charge in [0.2, 0.25) is 37.0 Å². The normalized spacial score (nSPS) is 19.5. The van der Waals surface area contributed by atoms with Gasteiger partial charge in [-0.2, -0.15) is 9.97 Å². The van der Waals surface area contributed by atoms with E-state index in [9.17, 15) is 43.5 Å². The van der Waals surface area contributed by atoms with Gasteiger partial charge in [0.1, 0.15) is 43.9 Å². The van der Waals surface area contributed by atoms with Gasteiger partial charge in [0, 0.05) is 45.0 Å². The number of hydrogen-bond donors (Lipinski definition) is 10. The fraction of sp³-hybridized carbons (Fsp3) is 0.385. The number of H-pyrrole nitrogens is 2. The molecule has 0 saturated carbocycles. The third-order valence-electron chi connectivity index (χ3n) is 16.5. The molecule has 12 rings (SSSR count). The van der Waals surface area contributed by atoms with Gasteiger partial charge in [0.05, 0.1) is 37.4 Å². The van der Waals surface area contributed by atoms with Crippen LogP contribution in [0.15, 0.2) is 119 Å². The Labute approximate surface area is 535 Å². The Morgan fingerprint density at radius 2 is 0.989 bits per heavy atom. The zero-order chi connectivity index (χ0) is 67.8. The van der Waals surface area contributed by atoms with Gasteiger partial charge in [0.25, 0.3) is 11.1 Å². The molecule has 93 heavy (non-hydrogen) atoms. The molecule has 0 radical (unpaired) electrons. The molecule has 0 bridgehead atoms. The lowest BCUT2D eigenvalue weighted by atomic mass is 9.98. The van der Waals surface area contributed by atoms with E-state index in [0.29, 0.717) is 0 Å². The Kier molecular flexibility index (Phi) is 19.4. The van der Waals surface area contributed by atoms with E-state index in [4.69, 9.17) is 21.7 Å². The molecule has 6 heterocycles. The molecule has 488 valence electrons. The number of imidazole rings is 2. The quantitative estimate of drug-likeness (QED) is 0.0542. The summed E-state index contributed by atoms with van der Waals surface area (Å²) in [6, 6.07) is 29.0. The van der Waals surface area contributed by atoms with E-state index in [1.807, 2.05) is 84.9 Å². The maximum Gasteiger partial charge on any atom is 0.407 e. The summed E-state index contributed by atoms with van der Waals surface area (Å²) in [5, 5.41) is 29.5. The number of alkyl carbamates (subject to hydrolysis) is 2. The third-order valence-corrected chi connectivity index (χ3v) is 16.5. The highest BCUT2D eigenvalue weighted by molar-refractivity contribution is 5.92. The van der Waals surface area contributed by atoms with Gasteiger partial charge < -0.3 is 50.4 Å². The average molecular weight is 1280 g/mol. The molecule has 28 heteroatoms. The summed E-state index contributed by atoms with van der Waals surface area (Å²) in [5.74, 6) is -2.55. The van der Waals surface area contributed by atoms with Crippen molar-refractivity contribution in [1.29, 1.82) is 1.43 Å². The molecule has 0 spiro atoms. The predicted octanol–water partition coefficient (Wildman–Crippen LogP) is 5.45. The van der Waals surface area contributed by atoms with Gasteiger partial charge in [-0.3, -0.25) is 58.5 Å². The molecule has 2 fully saturated rings. The first-order chi connectivity index (χ1) is 45.7. The molecular formula is C65H74N14O14. The number of nitrogens with one attached hydrogen (secondary N) is 8. The van der Waals surface area contributed by atoms with Crippen LogP contribution in [-0.4, -0.2) is 150 Å². The molecule has 8 aromatic rings. The number of carbonyl (C=O) groups excluding carboxylic acids is 6. The number of anilines is 2. The monoisotopic (exact) mass is 1280 g/mol. The number of amides is 6. The van der Waals surface area contributed by atoms with Gasteiger partial charge in [-0.25, -0.2) is 19.6 Å². The Morgan fingerprint density at radius 3 is 1.38 bits per heavy atom. The second kappa shape index (κ2) is 28.6. The summed E-state index contributed by atoms with van der Waals surface area (Å²) in [5.41, 5.74) is 8.16. The maximum atomic E-state index is 13.1. The lowest BCUT2D eigenvalue weighted by Gasteiger charge is -2.21. The number of aliphatic hydroxyl groups is 2. The van der Waals surface area contributed by atoms with Gasteiger partial charge in [-0.15, -0.1) is 0 Å². The van der Waals surface area contributed by atoms with Crippen molar-refractivity contribution in [2.24, 2.45) is 11.8 Å². The Bertz CT molecular complexity index is 3910. The molecule has 4 aromatic carbocycles. The molecule has 4 aromatic heterocycles. The standard InChI is InChI=1S/C32H35N7O7.C32H35N7O6.CH4O/c1-16(2)28(41)37-31-36-27-26(30(43)38-31)33-15-39(27)25-12-23(24(13-40)46-25)35-29(42)17(3)34-32(44)45-14-22-20-10-6-4-8-18(20)19-9-5-7-11-21(19)22;1-16(2)28(40)37-31-36-27-26(30(42)38-31)33-15-39(27)25-13-24(18(4)45-25)35-29(41)17(3)34-32(43)44-14-23-21-11-7-5-9-19(21)20-10-6-8-12-22(20)23;1-2/h4-11,15-17,22-25,40H,12-14H2,1-3H3,(H,34,44)(H,35,42)(H2,36,37,38,41,43);5-12,15-18,23-25H,13-14H2,1-4H3,(H,34,43)(H,35,41)(H2,36,37,38,40,42);2H,1H3/t17?,23-,24?,25?;17?,18?,24-,25?;/m00./s1/i;4D;2T. The number of aromatic amines is 2. The van der Waals surface area contributed by atoms with Crippen LogP contribution in [-0.2, 0) is 38.1 Å². The minimum atomic E-state index is -0.949. The zero-order valence-electron chi connectivity index (χ0n) is 54.0. The van der Waals surface area contributed by atoms with Crippen LogP contribution in [0.5, 0.6) is 0 Å². The number of ether oxygens (including phenoxy) is 4. The van der Waals surface area contributed by atoms with Crippen molar-refractivity contribution in [2.75, 3.05) is 37.6 Å².